The third kappa shape index (κ3) is 3.57. The monoisotopic (exact) mass is 327 g/mol. The van der Waals surface area contributed by atoms with Gasteiger partial charge in [0.25, 0.3) is 0 Å². The summed E-state index contributed by atoms with van der Waals surface area (Å²) in [6.07, 6.45) is 2.86. The van der Waals surface area contributed by atoms with Gasteiger partial charge in [-0.1, -0.05) is 12.1 Å². The number of allylic oxidation sites excluding steroid dienone is 1. The van der Waals surface area contributed by atoms with Gasteiger partial charge >= 0.3 is 0 Å². The highest BCUT2D eigenvalue weighted by Crippen LogP contribution is 2.16. The Labute approximate surface area is 136 Å². The van der Waals surface area contributed by atoms with Crippen LogP contribution in [0.2, 0.25) is 0 Å². The summed E-state index contributed by atoms with van der Waals surface area (Å²) in [6.45, 7) is 0. The van der Waals surface area contributed by atoms with E-state index in [1.165, 1.54) is 29.2 Å². The number of hydrogen-bond acceptors (Lipinski definition) is 5. The van der Waals surface area contributed by atoms with Gasteiger partial charge in [0.05, 0.1) is 0 Å². The van der Waals surface area contributed by atoms with Crippen LogP contribution in [0.15, 0.2) is 53.2 Å². The summed E-state index contributed by atoms with van der Waals surface area (Å²) in [6, 6.07) is 9.23. The standard InChI is InChI=1S/C17H14FN3O3/c1-21-10-19-17(20-21)15(23)9-14(22)16-7-6-13(24-16)8-11-2-4-12(18)5-3-11/h2-7,9-10,23H,8H2,1H3/b15-9+. The molecule has 0 atom stereocenters. The number of nitrogens with zero attached hydrogens (tertiary/aromatic N) is 3. The van der Waals surface area contributed by atoms with E-state index < -0.39 is 5.78 Å². The number of ketones is 1. The molecule has 3 rings (SSSR count). The second-order valence-corrected chi connectivity index (χ2v) is 5.20. The average molecular weight is 327 g/mol. The van der Waals surface area contributed by atoms with Crippen molar-refractivity contribution in [1.29, 1.82) is 0 Å². The van der Waals surface area contributed by atoms with Crippen molar-refractivity contribution >= 4 is 11.5 Å². The lowest BCUT2D eigenvalue weighted by molar-refractivity contribution is 0.101. The molecule has 3 aromatic rings. The molecule has 6 nitrogen and oxygen atoms in total. The van der Waals surface area contributed by atoms with Crippen molar-refractivity contribution in [2.45, 2.75) is 6.42 Å². The molecule has 1 aromatic carbocycles. The molecule has 0 saturated carbocycles. The molecule has 122 valence electrons. The van der Waals surface area contributed by atoms with Gasteiger partial charge in [0.15, 0.2) is 11.5 Å². The number of furan rings is 1. The van der Waals surface area contributed by atoms with E-state index in [-0.39, 0.29) is 23.2 Å². The molecular formula is C17H14FN3O3. The van der Waals surface area contributed by atoms with Crippen LogP contribution < -0.4 is 0 Å². The molecule has 0 bridgehead atoms. The maximum absolute atomic E-state index is 12.9. The van der Waals surface area contributed by atoms with Crippen LogP contribution in [0.3, 0.4) is 0 Å². The highest BCUT2D eigenvalue weighted by atomic mass is 19.1. The van der Waals surface area contributed by atoms with Gasteiger partial charge in [-0.2, -0.15) is 0 Å². The van der Waals surface area contributed by atoms with Crippen LogP contribution in [0.4, 0.5) is 4.39 Å². The lowest BCUT2D eigenvalue weighted by Gasteiger charge is -1.98. The van der Waals surface area contributed by atoms with E-state index in [0.29, 0.717) is 12.2 Å². The van der Waals surface area contributed by atoms with Crippen LogP contribution in [0, 0.1) is 5.82 Å². The average Bonchev–Trinajstić information content (AvgIpc) is 3.19. The number of aliphatic hydroxyl groups excluding tert-OH is 1. The Balaban J connectivity index is 1.72. The summed E-state index contributed by atoms with van der Waals surface area (Å²) in [4.78, 5) is 16.0. The van der Waals surface area contributed by atoms with Gasteiger partial charge in [-0.05, 0) is 29.8 Å². The Morgan fingerprint density at radius 2 is 2.04 bits per heavy atom. The van der Waals surface area contributed by atoms with Gasteiger partial charge in [0.1, 0.15) is 17.9 Å². The molecule has 0 radical (unpaired) electrons. The summed E-state index contributed by atoms with van der Waals surface area (Å²) in [5.74, 6) is -0.424. The molecule has 0 aliphatic carbocycles. The van der Waals surface area contributed by atoms with Crippen LogP contribution in [-0.4, -0.2) is 25.7 Å². The first-order valence-corrected chi connectivity index (χ1v) is 7.15. The van der Waals surface area contributed by atoms with Crippen molar-refractivity contribution < 1.29 is 18.7 Å². The quantitative estimate of drug-likeness (QED) is 0.443. The Kier molecular flexibility index (Phi) is 4.24. The van der Waals surface area contributed by atoms with Crippen molar-refractivity contribution in [3.63, 3.8) is 0 Å². The van der Waals surface area contributed by atoms with E-state index in [1.54, 1.807) is 25.2 Å². The Hall–Kier alpha value is -3.22. The van der Waals surface area contributed by atoms with Crippen LogP contribution in [0.1, 0.15) is 27.7 Å². The maximum Gasteiger partial charge on any atom is 0.224 e. The van der Waals surface area contributed by atoms with Gasteiger partial charge in [-0.3, -0.25) is 9.48 Å². The van der Waals surface area contributed by atoms with Gasteiger partial charge in [0, 0.05) is 19.5 Å². The molecule has 0 unspecified atom stereocenters. The largest absolute Gasteiger partial charge is 0.504 e. The fourth-order valence-electron chi connectivity index (χ4n) is 2.13. The molecule has 0 spiro atoms. The van der Waals surface area contributed by atoms with Crippen LogP contribution in [-0.2, 0) is 13.5 Å². The summed E-state index contributed by atoms with van der Waals surface area (Å²) >= 11 is 0. The van der Waals surface area contributed by atoms with E-state index in [4.69, 9.17) is 4.42 Å². The fourth-order valence-corrected chi connectivity index (χ4v) is 2.13. The molecular weight excluding hydrogens is 313 g/mol. The number of halogens is 1. The highest BCUT2D eigenvalue weighted by molar-refractivity contribution is 6.05. The van der Waals surface area contributed by atoms with Crippen molar-refractivity contribution in [3.05, 3.63) is 77.5 Å². The minimum Gasteiger partial charge on any atom is -0.504 e. The van der Waals surface area contributed by atoms with Crippen LogP contribution in [0.25, 0.3) is 5.76 Å². The minimum absolute atomic E-state index is 0.0592. The topological polar surface area (TPSA) is 81.1 Å². The molecule has 0 fully saturated rings. The first kappa shape index (κ1) is 15.7. The molecule has 2 heterocycles. The number of carbonyl (C=O) groups is 1. The first-order chi connectivity index (χ1) is 11.5. The summed E-state index contributed by atoms with van der Waals surface area (Å²) in [5, 5.41) is 13.8. The molecule has 1 N–H and O–H groups in total. The van der Waals surface area contributed by atoms with E-state index in [1.807, 2.05) is 0 Å². The zero-order chi connectivity index (χ0) is 17.1. The number of carbonyl (C=O) groups excluding carboxylic acids is 1. The second-order valence-electron chi connectivity index (χ2n) is 5.20. The second kappa shape index (κ2) is 6.49. The first-order valence-electron chi connectivity index (χ1n) is 7.15. The van der Waals surface area contributed by atoms with E-state index >= 15 is 0 Å². The molecule has 0 saturated heterocycles. The van der Waals surface area contributed by atoms with Gasteiger partial charge in [-0.15, -0.1) is 5.10 Å². The zero-order valence-corrected chi connectivity index (χ0v) is 12.8. The Morgan fingerprint density at radius 1 is 1.29 bits per heavy atom. The fraction of sp³-hybridized carbons (Fsp3) is 0.118. The summed E-state index contributed by atoms with van der Waals surface area (Å²) < 4.78 is 19.8. The normalized spacial score (nSPS) is 11.7. The number of hydrogen-bond donors (Lipinski definition) is 1. The van der Waals surface area contributed by atoms with Crippen molar-refractivity contribution in [3.8, 4) is 0 Å². The number of benzene rings is 1. The predicted molar refractivity (Wildman–Crippen MR) is 83.9 cm³/mol. The van der Waals surface area contributed by atoms with Crippen LogP contribution >= 0.6 is 0 Å². The van der Waals surface area contributed by atoms with Gasteiger partial charge < -0.3 is 9.52 Å². The molecule has 7 heteroatoms. The van der Waals surface area contributed by atoms with Crippen LogP contribution in [0.5, 0.6) is 0 Å². The van der Waals surface area contributed by atoms with E-state index in [2.05, 4.69) is 10.1 Å². The molecule has 0 aliphatic heterocycles. The smallest absolute Gasteiger partial charge is 0.224 e. The molecule has 24 heavy (non-hydrogen) atoms. The van der Waals surface area contributed by atoms with Crippen molar-refractivity contribution in [2.75, 3.05) is 0 Å². The third-order valence-electron chi connectivity index (χ3n) is 3.29. The number of rotatable bonds is 5. The van der Waals surface area contributed by atoms with Gasteiger partial charge in [-0.25, -0.2) is 9.37 Å². The third-order valence-corrected chi connectivity index (χ3v) is 3.29. The lowest BCUT2D eigenvalue weighted by atomic mass is 10.1. The van der Waals surface area contributed by atoms with E-state index in [0.717, 1.165) is 11.6 Å². The molecule has 0 amide bonds. The van der Waals surface area contributed by atoms with E-state index in [9.17, 15) is 14.3 Å². The highest BCUT2D eigenvalue weighted by Gasteiger charge is 2.13. The number of aromatic nitrogens is 3. The van der Waals surface area contributed by atoms with Gasteiger partial charge in [0.2, 0.25) is 11.6 Å². The molecule has 2 aromatic heterocycles. The number of aryl methyl sites for hydroxylation is 1. The SMILES string of the molecule is Cn1cnc(/C(O)=C\C(=O)c2ccc(Cc3ccc(F)cc3)o2)n1. The Morgan fingerprint density at radius 3 is 2.71 bits per heavy atom. The molecule has 0 aliphatic rings. The van der Waals surface area contributed by atoms with Crippen molar-refractivity contribution in [2.24, 2.45) is 7.05 Å². The Bertz CT molecular complexity index is 894. The summed E-state index contributed by atoms with van der Waals surface area (Å²) in [5.41, 5.74) is 0.862. The summed E-state index contributed by atoms with van der Waals surface area (Å²) in [7, 11) is 1.65. The van der Waals surface area contributed by atoms with Crippen molar-refractivity contribution in [1.82, 2.24) is 14.8 Å². The lowest BCUT2D eigenvalue weighted by Crippen LogP contribution is -1.97. The predicted octanol–water partition coefficient (Wildman–Crippen LogP) is 2.92. The maximum atomic E-state index is 12.9. The number of aliphatic hydroxyl groups is 1. The minimum atomic E-state index is -0.495. The zero-order valence-electron chi connectivity index (χ0n) is 12.8.